The van der Waals surface area contributed by atoms with Crippen LogP contribution in [0, 0.1) is 12.8 Å². The third-order valence-corrected chi connectivity index (χ3v) is 7.52. The molecule has 0 unspecified atom stereocenters. The topological polar surface area (TPSA) is 96.5 Å². The van der Waals surface area contributed by atoms with Gasteiger partial charge in [-0.05, 0) is 69.8 Å². The number of aliphatic hydroxyl groups is 1. The summed E-state index contributed by atoms with van der Waals surface area (Å²) in [6.45, 7) is 5.84. The van der Waals surface area contributed by atoms with Crippen molar-refractivity contribution in [3.63, 3.8) is 0 Å². The molecule has 3 heterocycles. The zero-order valence-electron chi connectivity index (χ0n) is 21.2. The normalized spacial score (nSPS) is 17.8. The first-order chi connectivity index (χ1) is 17.7. The van der Waals surface area contributed by atoms with E-state index in [1.807, 2.05) is 37.3 Å². The Morgan fingerprint density at radius 3 is 2.75 bits per heavy atom. The summed E-state index contributed by atoms with van der Waals surface area (Å²) in [5.74, 6) is 3.05. The van der Waals surface area contributed by atoms with Crippen molar-refractivity contribution in [2.24, 2.45) is 5.92 Å². The van der Waals surface area contributed by atoms with Crippen LogP contribution in [-0.4, -0.2) is 58.0 Å². The van der Waals surface area contributed by atoms with E-state index in [0.717, 1.165) is 79.5 Å². The molecule has 2 aromatic heterocycles. The molecule has 2 fully saturated rings. The Hall–Kier alpha value is -2.97. The van der Waals surface area contributed by atoms with Gasteiger partial charge in [-0.2, -0.15) is 0 Å². The van der Waals surface area contributed by atoms with E-state index in [2.05, 4.69) is 20.4 Å². The molecule has 0 spiro atoms. The van der Waals surface area contributed by atoms with Crippen LogP contribution in [0.3, 0.4) is 0 Å². The minimum absolute atomic E-state index is 0.303. The SMILES string of the molecule is Cc1onc(C2CCCCC2)c1-c1ccnc(Nc2cccc(OCCN3CCC(CO)CC3)c2)n1. The number of aliphatic hydroxyl groups excluding tert-OH is 1. The first-order valence-corrected chi connectivity index (χ1v) is 13.3. The standard InChI is InChI=1S/C28H37N5O3/c1-20-26(27(32-36-20)22-6-3-2-4-7-22)25-10-13-29-28(31-25)30-23-8-5-9-24(18-23)35-17-16-33-14-11-21(19-34)12-15-33/h5,8-10,13,18,21-22,34H,2-4,6-7,11-12,14-17,19H2,1H3,(H,29,30,31). The Bertz CT molecular complexity index is 1120. The van der Waals surface area contributed by atoms with Crippen molar-refractivity contribution in [2.75, 3.05) is 38.2 Å². The molecule has 36 heavy (non-hydrogen) atoms. The summed E-state index contributed by atoms with van der Waals surface area (Å²) < 4.78 is 11.6. The van der Waals surface area contributed by atoms with E-state index in [9.17, 15) is 5.11 Å². The molecular formula is C28H37N5O3. The lowest BCUT2D eigenvalue weighted by molar-refractivity contribution is 0.119. The van der Waals surface area contributed by atoms with Crippen molar-refractivity contribution < 1.29 is 14.4 Å². The molecule has 0 radical (unpaired) electrons. The molecule has 1 aliphatic carbocycles. The lowest BCUT2D eigenvalue weighted by atomic mass is 9.85. The highest BCUT2D eigenvalue weighted by Crippen LogP contribution is 2.38. The predicted octanol–water partition coefficient (Wildman–Crippen LogP) is 5.31. The van der Waals surface area contributed by atoms with Crippen LogP contribution in [-0.2, 0) is 0 Å². The summed E-state index contributed by atoms with van der Waals surface area (Å²) in [6, 6.07) is 9.84. The van der Waals surface area contributed by atoms with Gasteiger partial charge in [-0.1, -0.05) is 30.5 Å². The first kappa shape index (κ1) is 24.7. The number of hydrogen-bond donors (Lipinski definition) is 2. The number of anilines is 2. The second-order valence-electron chi connectivity index (χ2n) is 10.1. The third-order valence-electron chi connectivity index (χ3n) is 7.52. The lowest BCUT2D eigenvalue weighted by Gasteiger charge is -2.30. The highest BCUT2D eigenvalue weighted by Gasteiger charge is 2.25. The fourth-order valence-electron chi connectivity index (χ4n) is 5.39. The van der Waals surface area contributed by atoms with Gasteiger partial charge in [0, 0.05) is 37.0 Å². The molecule has 2 aliphatic rings. The van der Waals surface area contributed by atoms with Crippen LogP contribution in [0.4, 0.5) is 11.6 Å². The fraction of sp³-hybridized carbons (Fsp3) is 0.536. The van der Waals surface area contributed by atoms with Gasteiger partial charge in [0.1, 0.15) is 18.1 Å². The zero-order chi connectivity index (χ0) is 24.7. The minimum Gasteiger partial charge on any atom is -0.492 e. The number of ether oxygens (including phenoxy) is 1. The van der Waals surface area contributed by atoms with Gasteiger partial charge in [-0.3, -0.25) is 4.90 Å². The lowest BCUT2D eigenvalue weighted by Crippen LogP contribution is -2.37. The molecule has 1 aromatic carbocycles. The van der Waals surface area contributed by atoms with Gasteiger partial charge in [0.05, 0.1) is 17.0 Å². The molecule has 192 valence electrons. The van der Waals surface area contributed by atoms with Gasteiger partial charge in [-0.15, -0.1) is 0 Å². The Morgan fingerprint density at radius 1 is 1.11 bits per heavy atom. The van der Waals surface area contributed by atoms with Crippen LogP contribution >= 0.6 is 0 Å². The second-order valence-corrected chi connectivity index (χ2v) is 10.1. The van der Waals surface area contributed by atoms with Crippen molar-refractivity contribution in [1.82, 2.24) is 20.0 Å². The van der Waals surface area contributed by atoms with E-state index < -0.39 is 0 Å². The quantitative estimate of drug-likeness (QED) is 0.415. The Kier molecular flexibility index (Phi) is 8.13. The maximum absolute atomic E-state index is 9.31. The first-order valence-electron chi connectivity index (χ1n) is 13.3. The summed E-state index contributed by atoms with van der Waals surface area (Å²) in [7, 11) is 0. The number of benzene rings is 1. The second kappa shape index (κ2) is 11.8. The Balaban J connectivity index is 1.21. The van der Waals surface area contributed by atoms with E-state index in [-0.39, 0.29) is 0 Å². The van der Waals surface area contributed by atoms with E-state index >= 15 is 0 Å². The maximum Gasteiger partial charge on any atom is 0.227 e. The number of nitrogens with zero attached hydrogens (tertiary/aromatic N) is 4. The molecule has 0 bridgehead atoms. The molecule has 0 atom stereocenters. The van der Waals surface area contributed by atoms with E-state index in [0.29, 0.717) is 31.0 Å². The molecular weight excluding hydrogens is 454 g/mol. The molecule has 2 N–H and O–H groups in total. The van der Waals surface area contributed by atoms with Gasteiger partial charge in [0.2, 0.25) is 5.95 Å². The molecule has 8 nitrogen and oxygen atoms in total. The number of nitrogens with one attached hydrogen (secondary N) is 1. The molecule has 8 heteroatoms. The molecule has 1 saturated heterocycles. The Labute approximate surface area is 213 Å². The van der Waals surface area contributed by atoms with Gasteiger partial charge in [0.25, 0.3) is 0 Å². The average molecular weight is 492 g/mol. The van der Waals surface area contributed by atoms with Crippen molar-refractivity contribution in [2.45, 2.75) is 57.8 Å². The minimum atomic E-state index is 0.303. The summed E-state index contributed by atoms with van der Waals surface area (Å²) in [5.41, 5.74) is 3.76. The van der Waals surface area contributed by atoms with Crippen LogP contribution in [0.2, 0.25) is 0 Å². The maximum atomic E-state index is 9.31. The summed E-state index contributed by atoms with van der Waals surface area (Å²) >= 11 is 0. The van der Waals surface area contributed by atoms with E-state index in [1.165, 1.54) is 19.3 Å². The number of aromatic nitrogens is 3. The fourth-order valence-corrected chi connectivity index (χ4v) is 5.39. The third kappa shape index (κ3) is 6.05. The van der Waals surface area contributed by atoms with Crippen LogP contribution in [0.15, 0.2) is 41.1 Å². The van der Waals surface area contributed by atoms with Crippen LogP contribution < -0.4 is 10.1 Å². The predicted molar refractivity (Wildman–Crippen MR) is 140 cm³/mol. The number of aryl methyl sites for hydroxylation is 1. The van der Waals surface area contributed by atoms with E-state index in [1.54, 1.807) is 6.20 Å². The van der Waals surface area contributed by atoms with Gasteiger partial charge in [-0.25, -0.2) is 9.97 Å². The molecule has 1 aliphatic heterocycles. The number of likely N-dealkylation sites (tertiary alicyclic amines) is 1. The molecule has 0 amide bonds. The molecule has 3 aromatic rings. The summed E-state index contributed by atoms with van der Waals surface area (Å²) in [6.07, 6.45) is 10.0. The number of hydrogen-bond acceptors (Lipinski definition) is 8. The summed E-state index contributed by atoms with van der Waals surface area (Å²) in [5, 5.41) is 17.1. The van der Waals surface area contributed by atoms with Crippen LogP contribution in [0.5, 0.6) is 5.75 Å². The van der Waals surface area contributed by atoms with Crippen molar-refractivity contribution in [3.8, 4) is 17.0 Å². The van der Waals surface area contributed by atoms with Gasteiger partial charge in [0.15, 0.2) is 0 Å². The van der Waals surface area contributed by atoms with Crippen molar-refractivity contribution in [1.29, 1.82) is 0 Å². The Morgan fingerprint density at radius 2 is 1.94 bits per heavy atom. The largest absolute Gasteiger partial charge is 0.492 e. The average Bonchev–Trinajstić information content (AvgIpc) is 3.31. The van der Waals surface area contributed by atoms with E-state index in [4.69, 9.17) is 14.2 Å². The monoisotopic (exact) mass is 491 g/mol. The molecule has 5 rings (SSSR count). The molecule has 1 saturated carbocycles. The zero-order valence-corrected chi connectivity index (χ0v) is 21.2. The number of rotatable bonds is 9. The number of piperidine rings is 1. The van der Waals surface area contributed by atoms with Crippen molar-refractivity contribution in [3.05, 3.63) is 48.0 Å². The highest BCUT2D eigenvalue weighted by atomic mass is 16.5. The summed E-state index contributed by atoms with van der Waals surface area (Å²) in [4.78, 5) is 11.7. The van der Waals surface area contributed by atoms with Crippen LogP contribution in [0.25, 0.3) is 11.3 Å². The van der Waals surface area contributed by atoms with Crippen LogP contribution in [0.1, 0.15) is 62.3 Å². The smallest absolute Gasteiger partial charge is 0.227 e. The van der Waals surface area contributed by atoms with Crippen molar-refractivity contribution >= 4 is 11.6 Å². The van der Waals surface area contributed by atoms with Gasteiger partial charge < -0.3 is 19.7 Å². The van der Waals surface area contributed by atoms with Gasteiger partial charge >= 0.3 is 0 Å². The highest BCUT2D eigenvalue weighted by molar-refractivity contribution is 5.66.